The van der Waals surface area contributed by atoms with Crippen molar-refractivity contribution < 1.29 is 9.53 Å². The normalized spacial score (nSPS) is 11.0. The van der Waals surface area contributed by atoms with Crippen LogP contribution in [0.4, 0.5) is 11.6 Å². The van der Waals surface area contributed by atoms with Crippen LogP contribution in [0.2, 0.25) is 0 Å². The fourth-order valence-corrected chi connectivity index (χ4v) is 2.79. The van der Waals surface area contributed by atoms with Gasteiger partial charge in [0.2, 0.25) is 5.95 Å². The number of hydrogen-bond acceptors (Lipinski definition) is 6. The maximum Gasteiger partial charge on any atom is 0.337 e. The summed E-state index contributed by atoms with van der Waals surface area (Å²) in [5.74, 6) is 0.758. The number of rotatable bonds is 3. The molecule has 7 nitrogen and oxygen atoms in total. The first kappa shape index (κ1) is 15.1. The summed E-state index contributed by atoms with van der Waals surface area (Å²) in [6.07, 6.45) is 1.68. The maximum atomic E-state index is 11.7. The van der Waals surface area contributed by atoms with E-state index in [0.717, 1.165) is 16.6 Å². The summed E-state index contributed by atoms with van der Waals surface area (Å²) in [6.45, 7) is 0. The quantitative estimate of drug-likeness (QED) is 0.537. The molecule has 0 saturated carbocycles. The molecule has 0 amide bonds. The molecular formula is C18H15N5O2. The number of nitrogens with zero attached hydrogens (tertiary/aromatic N) is 5. The number of hydrogen-bond donors (Lipinski definition) is 0. The highest BCUT2D eigenvalue weighted by Gasteiger charge is 2.16. The average molecular weight is 333 g/mol. The number of aromatic nitrogens is 4. The molecule has 0 saturated heterocycles. The van der Waals surface area contributed by atoms with Gasteiger partial charge in [-0.25, -0.2) is 14.2 Å². The van der Waals surface area contributed by atoms with Crippen LogP contribution in [0.5, 0.6) is 0 Å². The lowest BCUT2D eigenvalue weighted by Crippen LogP contribution is -2.13. The van der Waals surface area contributed by atoms with Crippen LogP contribution in [0.1, 0.15) is 10.4 Å². The van der Waals surface area contributed by atoms with Crippen molar-refractivity contribution in [2.24, 2.45) is 0 Å². The number of carbonyl (C=O) groups is 1. The molecule has 0 aliphatic heterocycles. The van der Waals surface area contributed by atoms with Gasteiger partial charge >= 0.3 is 5.97 Å². The monoisotopic (exact) mass is 333 g/mol. The molecule has 2 aromatic heterocycles. The van der Waals surface area contributed by atoms with E-state index in [0.29, 0.717) is 17.3 Å². The Morgan fingerprint density at radius 3 is 2.68 bits per heavy atom. The molecule has 0 N–H and O–H groups in total. The fourth-order valence-electron chi connectivity index (χ4n) is 2.79. The van der Waals surface area contributed by atoms with Gasteiger partial charge in [-0.15, -0.1) is 10.2 Å². The lowest BCUT2D eigenvalue weighted by molar-refractivity contribution is 0.0601. The van der Waals surface area contributed by atoms with Gasteiger partial charge in [0.05, 0.1) is 18.2 Å². The lowest BCUT2D eigenvalue weighted by Gasteiger charge is -2.17. The van der Waals surface area contributed by atoms with E-state index in [2.05, 4.69) is 15.2 Å². The minimum Gasteiger partial charge on any atom is -0.465 e. The van der Waals surface area contributed by atoms with Crippen molar-refractivity contribution in [2.45, 2.75) is 0 Å². The minimum atomic E-state index is -0.382. The molecule has 0 atom stereocenters. The molecule has 0 aliphatic rings. The van der Waals surface area contributed by atoms with Crippen LogP contribution in [0.3, 0.4) is 0 Å². The Morgan fingerprint density at radius 2 is 1.92 bits per heavy atom. The number of esters is 1. The second kappa shape index (κ2) is 5.86. The molecule has 0 spiro atoms. The van der Waals surface area contributed by atoms with Gasteiger partial charge in [0.15, 0.2) is 0 Å². The average Bonchev–Trinajstić information content (AvgIpc) is 3.11. The molecular weight excluding hydrogens is 318 g/mol. The SMILES string of the molecule is COC(=O)c1ccc2c(cnc3nnc(N(C)c4ccccc4)n32)c1. The van der Waals surface area contributed by atoms with Crippen molar-refractivity contribution in [3.05, 3.63) is 60.3 Å². The predicted octanol–water partition coefficient (Wildman–Crippen LogP) is 2.83. The van der Waals surface area contributed by atoms with Gasteiger partial charge in [-0.3, -0.25) is 0 Å². The molecule has 0 fully saturated rings. The second-order valence-electron chi connectivity index (χ2n) is 5.55. The number of methoxy groups -OCH3 is 1. The van der Waals surface area contributed by atoms with Crippen molar-refractivity contribution in [1.29, 1.82) is 0 Å². The van der Waals surface area contributed by atoms with Crippen LogP contribution in [0.15, 0.2) is 54.7 Å². The summed E-state index contributed by atoms with van der Waals surface area (Å²) in [6, 6.07) is 15.2. The standard InChI is InChI=1S/C18H15N5O2/c1-22(14-6-4-3-5-7-14)18-21-20-17-19-11-13-10-12(16(24)25-2)8-9-15(13)23(17)18/h3-11H,1-2H3. The highest BCUT2D eigenvalue weighted by atomic mass is 16.5. The summed E-state index contributed by atoms with van der Waals surface area (Å²) in [5.41, 5.74) is 2.32. The van der Waals surface area contributed by atoms with E-state index in [1.807, 2.05) is 52.7 Å². The van der Waals surface area contributed by atoms with Crippen molar-refractivity contribution >= 4 is 34.3 Å². The molecule has 7 heteroatoms. The molecule has 4 aromatic rings. The van der Waals surface area contributed by atoms with Crippen molar-refractivity contribution in [2.75, 3.05) is 19.1 Å². The smallest absolute Gasteiger partial charge is 0.337 e. The first-order valence-electron chi connectivity index (χ1n) is 7.70. The Hall–Kier alpha value is -3.48. The Labute approximate surface area is 143 Å². The Kier molecular flexibility index (Phi) is 3.53. The van der Waals surface area contributed by atoms with E-state index < -0.39 is 0 Å². The van der Waals surface area contributed by atoms with E-state index >= 15 is 0 Å². The molecule has 2 heterocycles. The molecule has 25 heavy (non-hydrogen) atoms. The third-order valence-electron chi connectivity index (χ3n) is 4.08. The molecule has 0 radical (unpaired) electrons. The Balaban J connectivity index is 1.92. The first-order valence-corrected chi connectivity index (χ1v) is 7.70. The van der Waals surface area contributed by atoms with Crippen LogP contribution in [-0.4, -0.2) is 39.7 Å². The summed E-state index contributed by atoms with van der Waals surface area (Å²) in [5, 5.41) is 9.24. The van der Waals surface area contributed by atoms with Crippen LogP contribution in [0.25, 0.3) is 16.7 Å². The van der Waals surface area contributed by atoms with E-state index in [1.54, 1.807) is 18.3 Å². The summed E-state index contributed by atoms with van der Waals surface area (Å²) in [4.78, 5) is 18.0. The highest BCUT2D eigenvalue weighted by Crippen LogP contribution is 2.25. The van der Waals surface area contributed by atoms with Gasteiger partial charge in [0.1, 0.15) is 0 Å². The lowest BCUT2D eigenvalue weighted by atomic mass is 10.1. The van der Waals surface area contributed by atoms with Gasteiger partial charge in [0, 0.05) is 24.3 Å². The molecule has 0 aliphatic carbocycles. The third-order valence-corrected chi connectivity index (χ3v) is 4.08. The number of ether oxygens (including phenoxy) is 1. The van der Waals surface area contributed by atoms with Gasteiger partial charge in [0.25, 0.3) is 5.78 Å². The topological polar surface area (TPSA) is 72.6 Å². The van der Waals surface area contributed by atoms with Crippen LogP contribution < -0.4 is 4.90 Å². The van der Waals surface area contributed by atoms with E-state index in [-0.39, 0.29) is 5.97 Å². The van der Waals surface area contributed by atoms with Gasteiger partial charge in [-0.2, -0.15) is 0 Å². The molecule has 0 bridgehead atoms. The fraction of sp³-hybridized carbons (Fsp3) is 0.111. The zero-order valence-electron chi connectivity index (χ0n) is 13.7. The Morgan fingerprint density at radius 1 is 1.12 bits per heavy atom. The number of para-hydroxylation sites is 1. The third kappa shape index (κ3) is 2.46. The summed E-state index contributed by atoms with van der Waals surface area (Å²) < 4.78 is 6.64. The van der Waals surface area contributed by atoms with E-state index in [9.17, 15) is 4.79 Å². The zero-order chi connectivity index (χ0) is 17.4. The molecule has 124 valence electrons. The van der Waals surface area contributed by atoms with Crippen molar-refractivity contribution in [3.8, 4) is 0 Å². The zero-order valence-corrected chi connectivity index (χ0v) is 13.7. The number of benzene rings is 2. The van der Waals surface area contributed by atoms with Crippen LogP contribution >= 0.6 is 0 Å². The van der Waals surface area contributed by atoms with Crippen LogP contribution in [0, 0.1) is 0 Å². The first-order chi connectivity index (χ1) is 12.2. The number of anilines is 2. The van der Waals surface area contributed by atoms with Gasteiger partial charge in [-0.1, -0.05) is 18.2 Å². The Bertz CT molecular complexity index is 1070. The van der Waals surface area contributed by atoms with Crippen LogP contribution in [-0.2, 0) is 4.74 Å². The number of fused-ring (bicyclic) bond motifs is 3. The van der Waals surface area contributed by atoms with Gasteiger partial charge in [-0.05, 0) is 30.3 Å². The summed E-state index contributed by atoms with van der Waals surface area (Å²) in [7, 11) is 3.29. The second-order valence-corrected chi connectivity index (χ2v) is 5.55. The van der Waals surface area contributed by atoms with E-state index in [4.69, 9.17) is 4.74 Å². The minimum absolute atomic E-state index is 0.382. The van der Waals surface area contributed by atoms with Gasteiger partial charge < -0.3 is 9.64 Å². The van der Waals surface area contributed by atoms with Crippen molar-refractivity contribution in [3.63, 3.8) is 0 Å². The van der Waals surface area contributed by atoms with Crippen molar-refractivity contribution in [1.82, 2.24) is 19.6 Å². The van der Waals surface area contributed by atoms with E-state index in [1.165, 1.54) is 7.11 Å². The maximum absolute atomic E-state index is 11.7. The molecule has 0 unspecified atom stereocenters. The highest BCUT2D eigenvalue weighted by molar-refractivity contribution is 5.95. The summed E-state index contributed by atoms with van der Waals surface area (Å²) >= 11 is 0. The number of carbonyl (C=O) groups excluding carboxylic acids is 1. The molecule has 2 aromatic carbocycles. The largest absolute Gasteiger partial charge is 0.465 e. The molecule has 4 rings (SSSR count). The predicted molar refractivity (Wildman–Crippen MR) is 94.1 cm³/mol.